The minimum Gasteiger partial charge on any atom is -0.290 e. The quantitative estimate of drug-likeness (QED) is 0.492. The van der Waals surface area contributed by atoms with Crippen LogP contribution in [0.15, 0.2) is 23.3 Å². The summed E-state index contributed by atoms with van der Waals surface area (Å²) in [6, 6.07) is 0. The van der Waals surface area contributed by atoms with Crippen LogP contribution in [0.1, 0.15) is 13.8 Å². The number of ketones is 3. The summed E-state index contributed by atoms with van der Waals surface area (Å²) in [4.78, 5) is 33.1. The van der Waals surface area contributed by atoms with Gasteiger partial charge < -0.3 is 0 Å². The van der Waals surface area contributed by atoms with Gasteiger partial charge in [-0.1, -0.05) is 0 Å². The van der Waals surface area contributed by atoms with Crippen LogP contribution >= 0.6 is 0 Å². The number of allylic oxidation sites excluding steroid dienone is 4. The first kappa shape index (κ1) is 8.59. The summed E-state index contributed by atoms with van der Waals surface area (Å²) in [5.74, 6) is -1.48. The molecule has 1 aliphatic rings. The van der Waals surface area contributed by atoms with Crippen molar-refractivity contribution < 1.29 is 14.4 Å². The Bertz CT molecular complexity index is 300. The zero-order valence-corrected chi connectivity index (χ0v) is 6.88. The van der Waals surface area contributed by atoms with E-state index in [2.05, 4.69) is 0 Å². The average molecular weight is 164 g/mol. The molecular formula is C9H8O3. The van der Waals surface area contributed by atoms with Crippen LogP contribution in [0.3, 0.4) is 0 Å². The molecule has 0 amide bonds. The second-order valence-electron chi connectivity index (χ2n) is 2.72. The van der Waals surface area contributed by atoms with Crippen LogP contribution in [0, 0.1) is 0 Å². The number of carbonyl (C=O) groups excluding carboxylic acids is 3. The van der Waals surface area contributed by atoms with Crippen molar-refractivity contribution in [3.63, 3.8) is 0 Å². The molecule has 0 bridgehead atoms. The van der Waals surface area contributed by atoms with Gasteiger partial charge in [0.2, 0.25) is 11.6 Å². The fourth-order valence-electron chi connectivity index (χ4n) is 0.958. The molecule has 0 saturated carbocycles. The highest BCUT2D eigenvalue weighted by Gasteiger charge is 2.21. The third-order valence-corrected chi connectivity index (χ3v) is 1.64. The van der Waals surface area contributed by atoms with Crippen molar-refractivity contribution >= 4 is 17.3 Å². The Balaban J connectivity index is 3.22. The fourth-order valence-corrected chi connectivity index (χ4v) is 0.958. The van der Waals surface area contributed by atoms with Gasteiger partial charge in [-0.2, -0.15) is 0 Å². The van der Waals surface area contributed by atoms with Crippen molar-refractivity contribution in [1.82, 2.24) is 0 Å². The highest BCUT2D eigenvalue weighted by atomic mass is 16.2. The van der Waals surface area contributed by atoms with E-state index < -0.39 is 11.6 Å². The van der Waals surface area contributed by atoms with Gasteiger partial charge >= 0.3 is 0 Å². The molecular weight excluding hydrogens is 156 g/mol. The van der Waals surface area contributed by atoms with E-state index in [1.165, 1.54) is 26.0 Å². The van der Waals surface area contributed by atoms with Gasteiger partial charge in [0.25, 0.3) is 0 Å². The Morgan fingerprint density at radius 3 is 1.50 bits per heavy atom. The van der Waals surface area contributed by atoms with E-state index in [9.17, 15) is 14.4 Å². The summed E-state index contributed by atoms with van der Waals surface area (Å²) < 4.78 is 0. The van der Waals surface area contributed by atoms with E-state index in [0.29, 0.717) is 0 Å². The molecule has 12 heavy (non-hydrogen) atoms. The molecule has 0 spiro atoms. The second kappa shape index (κ2) is 2.85. The molecule has 62 valence electrons. The largest absolute Gasteiger partial charge is 0.290 e. The molecule has 3 nitrogen and oxygen atoms in total. The van der Waals surface area contributed by atoms with Crippen LogP contribution in [0.4, 0.5) is 0 Å². The number of Topliss-reactive ketones (excluding diaryl/α,β-unsaturated/α-hetero) is 2. The lowest BCUT2D eigenvalue weighted by atomic mass is 10.1. The lowest BCUT2D eigenvalue weighted by Gasteiger charge is -1.94. The number of hydrogen-bond acceptors (Lipinski definition) is 3. The summed E-state index contributed by atoms with van der Waals surface area (Å²) in [5.41, 5.74) is 0.413. The third-order valence-electron chi connectivity index (χ3n) is 1.64. The molecule has 0 N–H and O–H groups in total. The number of carbonyl (C=O) groups is 3. The first-order valence-electron chi connectivity index (χ1n) is 3.52. The molecule has 0 unspecified atom stereocenters. The van der Waals surface area contributed by atoms with Crippen LogP contribution < -0.4 is 0 Å². The van der Waals surface area contributed by atoms with Crippen LogP contribution in [0.2, 0.25) is 0 Å². The monoisotopic (exact) mass is 164 g/mol. The van der Waals surface area contributed by atoms with Crippen molar-refractivity contribution in [2.24, 2.45) is 0 Å². The van der Waals surface area contributed by atoms with E-state index >= 15 is 0 Å². The first-order chi connectivity index (χ1) is 5.52. The normalized spacial score (nSPS) is 18.7. The maximum Gasteiger partial charge on any atom is 0.229 e. The zero-order chi connectivity index (χ0) is 9.30. The van der Waals surface area contributed by atoms with Gasteiger partial charge in [-0.3, -0.25) is 14.4 Å². The van der Waals surface area contributed by atoms with Crippen LogP contribution in [0.5, 0.6) is 0 Å². The first-order valence-corrected chi connectivity index (χ1v) is 3.52. The summed E-state index contributed by atoms with van der Waals surface area (Å²) in [5, 5.41) is 0. The van der Waals surface area contributed by atoms with Crippen molar-refractivity contribution in [3.8, 4) is 0 Å². The highest BCUT2D eigenvalue weighted by molar-refractivity contribution is 6.50. The smallest absolute Gasteiger partial charge is 0.229 e. The predicted octanol–water partition coefficient (Wildman–Crippen LogP) is 0.600. The zero-order valence-electron chi connectivity index (χ0n) is 6.88. The maximum absolute atomic E-state index is 11.1. The van der Waals surface area contributed by atoms with Crippen LogP contribution in [0.25, 0.3) is 0 Å². The Hall–Kier alpha value is -1.51. The molecule has 1 rings (SSSR count). The molecule has 0 radical (unpaired) electrons. The van der Waals surface area contributed by atoms with Gasteiger partial charge in [0.15, 0.2) is 5.78 Å². The predicted molar refractivity (Wildman–Crippen MR) is 42.5 cm³/mol. The molecule has 1 aliphatic carbocycles. The van der Waals surface area contributed by atoms with Gasteiger partial charge in [-0.15, -0.1) is 0 Å². The van der Waals surface area contributed by atoms with E-state index in [-0.39, 0.29) is 16.9 Å². The molecule has 0 aromatic carbocycles. The minimum atomic E-state index is -0.588. The lowest BCUT2D eigenvalue weighted by Crippen LogP contribution is -2.14. The molecule has 0 aromatic rings. The van der Waals surface area contributed by atoms with Crippen LogP contribution in [-0.4, -0.2) is 17.3 Å². The fraction of sp³-hybridized carbons (Fsp3) is 0.222. The minimum absolute atomic E-state index is 0.207. The molecule has 0 heterocycles. The lowest BCUT2D eigenvalue weighted by molar-refractivity contribution is -0.132. The topological polar surface area (TPSA) is 51.2 Å². The van der Waals surface area contributed by atoms with Crippen LogP contribution in [-0.2, 0) is 14.4 Å². The summed E-state index contributed by atoms with van der Waals surface area (Å²) in [6.45, 7) is 2.93. The molecule has 3 heteroatoms. The molecule has 0 fully saturated rings. The Morgan fingerprint density at radius 1 is 0.833 bits per heavy atom. The molecule has 0 aliphatic heterocycles. The van der Waals surface area contributed by atoms with E-state index in [1.54, 1.807) is 0 Å². The summed E-state index contributed by atoms with van der Waals surface area (Å²) in [7, 11) is 0. The Labute approximate surface area is 69.8 Å². The van der Waals surface area contributed by atoms with Gasteiger partial charge in [0, 0.05) is 11.1 Å². The van der Waals surface area contributed by atoms with Gasteiger partial charge in [-0.05, 0) is 26.0 Å². The third kappa shape index (κ3) is 1.39. The second-order valence-corrected chi connectivity index (χ2v) is 2.72. The van der Waals surface area contributed by atoms with E-state index in [4.69, 9.17) is 0 Å². The summed E-state index contributed by atoms with van der Waals surface area (Å²) >= 11 is 0. The van der Waals surface area contributed by atoms with Gasteiger partial charge in [-0.25, -0.2) is 0 Å². The van der Waals surface area contributed by atoms with Gasteiger partial charge in [0.05, 0.1) is 0 Å². The van der Waals surface area contributed by atoms with Gasteiger partial charge in [0.1, 0.15) is 0 Å². The Kier molecular flexibility index (Phi) is 2.04. The van der Waals surface area contributed by atoms with Crippen molar-refractivity contribution in [1.29, 1.82) is 0 Å². The summed E-state index contributed by atoms with van der Waals surface area (Å²) in [6.07, 6.45) is 2.35. The van der Waals surface area contributed by atoms with Crippen molar-refractivity contribution in [2.75, 3.05) is 0 Å². The highest BCUT2D eigenvalue weighted by Crippen LogP contribution is 2.08. The van der Waals surface area contributed by atoms with E-state index in [1.807, 2.05) is 0 Å². The molecule has 0 aromatic heterocycles. The number of rotatable bonds is 0. The molecule has 0 saturated heterocycles. The standard InChI is InChI=1S/C9H8O3/c1-5-3-7(10)4-6(2)9(12)8(5)11/h3-4H,1-2H3. The van der Waals surface area contributed by atoms with Crippen molar-refractivity contribution in [2.45, 2.75) is 13.8 Å². The SMILES string of the molecule is CC1=CC(=O)C=C(C)C(=O)C1=O. The maximum atomic E-state index is 11.1. The average Bonchev–Trinajstić information content (AvgIpc) is 2.05. The Morgan fingerprint density at radius 2 is 1.17 bits per heavy atom. The van der Waals surface area contributed by atoms with Crippen molar-refractivity contribution in [3.05, 3.63) is 23.3 Å². The van der Waals surface area contributed by atoms with E-state index in [0.717, 1.165) is 0 Å². The molecule has 0 atom stereocenters. The number of hydrogen-bond donors (Lipinski definition) is 0.